The molecular weight excluding hydrogens is 241 g/mol. The fourth-order valence-electron chi connectivity index (χ4n) is 1.54. The maximum Gasteiger partial charge on any atom is 0.0595 e. The van der Waals surface area contributed by atoms with Crippen LogP contribution >= 0.6 is 23.2 Å². The van der Waals surface area contributed by atoms with E-state index in [-0.39, 0.29) is 6.04 Å². The second-order valence-corrected chi connectivity index (χ2v) is 4.62. The Bertz CT molecular complexity index is 382. The molecule has 0 aromatic heterocycles. The fourth-order valence-corrected chi connectivity index (χ4v) is 1.86. The molecule has 0 heterocycles. The van der Waals surface area contributed by atoms with Gasteiger partial charge in [-0.15, -0.1) is 12.3 Å². The van der Waals surface area contributed by atoms with Crippen molar-refractivity contribution < 1.29 is 0 Å². The zero-order valence-electron chi connectivity index (χ0n) is 9.05. The quantitative estimate of drug-likeness (QED) is 0.631. The second-order valence-electron chi connectivity index (χ2n) is 3.81. The van der Waals surface area contributed by atoms with Crippen molar-refractivity contribution in [2.24, 2.45) is 5.73 Å². The minimum Gasteiger partial charge on any atom is -0.327 e. The van der Waals surface area contributed by atoms with Crippen molar-refractivity contribution in [3.05, 3.63) is 33.8 Å². The van der Waals surface area contributed by atoms with Crippen LogP contribution in [0.4, 0.5) is 0 Å². The Hall–Kier alpha value is -0.680. The number of halogens is 2. The number of nitrogens with two attached hydrogens (primary N) is 1. The summed E-state index contributed by atoms with van der Waals surface area (Å²) in [6, 6.07) is 5.75. The predicted molar refractivity (Wildman–Crippen MR) is 70.8 cm³/mol. The number of hydrogen-bond acceptors (Lipinski definition) is 1. The third-order valence-electron chi connectivity index (χ3n) is 2.38. The minimum atomic E-state index is 0.130. The molecule has 0 aliphatic carbocycles. The minimum absolute atomic E-state index is 0.130. The number of hydrogen-bond donors (Lipinski definition) is 1. The van der Waals surface area contributed by atoms with Crippen LogP contribution in [0.2, 0.25) is 10.0 Å². The zero-order valence-corrected chi connectivity index (χ0v) is 10.6. The predicted octanol–water partition coefficient (Wildman–Crippen LogP) is 3.67. The number of terminal acetylenes is 1. The molecule has 1 atom stereocenters. The summed E-state index contributed by atoms with van der Waals surface area (Å²) in [5, 5.41) is 1.15. The van der Waals surface area contributed by atoms with E-state index in [9.17, 15) is 0 Å². The Morgan fingerprint density at radius 2 is 2.06 bits per heavy atom. The van der Waals surface area contributed by atoms with Gasteiger partial charge >= 0.3 is 0 Å². The highest BCUT2D eigenvalue weighted by molar-refractivity contribution is 6.42. The van der Waals surface area contributed by atoms with Crippen LogP contribution in [0.15, 0.2) is 18.2 Å². The molecule has 2 N–H and O–H groups in total. The normalized spacial score (nSPS) is 12.1. The zero-order chi connectivity index (χ0) is 12.0. The average Bonchev–Trinajstić information content (AvgIpc) is 2.24. The Labute approximate surface area is 107 Å². The molecule has 0 aliphatic heterocycles. The van der Waals surface area contributed by atoms with Gasteiger partial charge in [0.2, 0.25) is 0 Å². The third-order valence-corrected chi connectivity index (χ3v) is 3.12. The molecule has 1 rings (SSSR count). The number of benzene rings is 1. The molecular formula is C13H15Cl2N. The Kier molecular flexibility index (Phi) is 5.69. The van der Waals surface area contributed by atoms with Crippen LogP contribution in [0.5, 0.6) is 0 Å². The van der Waals surface area contributed by atoms with Crippen molar-refractivity contribution in [2.75, 3.05) is 0 Å². The largest absolute Gasteiger partial charge is 0.327 e. The van der Waals surface area contributed by atoms with Gasteiger partial charge < -0.3 is 5.73 Å². The number of rotatable bonds is 5. The van der Waals surface area contributed by atoms with Gasteiger partial charge in [-0.05, 0) is 37.0 Å². The van der Waals surface area contributed by atoms with E-state index < -0.39 is 0 Å². The van der Waals surface area contributed by atoms with Crippen LogP contribution in [-0.4, -0.2) is 6.04 Å². The molecule has 3 heteroatoms. The first-order valence-electron chi connectivity index (χ1n) is 5.26. The molecule has 1 aromatic carbocycles. The van der Waals surface area contributed by atoms with E-state index in [2.05, 4.69) is 5.92 Å². The summed E-state index contributed by atoms with van der Waals surface area (Å²) in [7, 11) is 0. The van der Waals surface area contributed by atoms with Gasteiger partial charge in [-0.25, -0.2) is 0 Å². The lowest BCUT2D eigenvalue weighted by Gasteiger charge is -2.11. The van der Waals surface area contributed by atoms with E-state index in [1.807, 2.05) is 12.1 Å². The van der Waals surface area contributed by atoms with E-state index in [1.165, 1.54) is 0 Å². The van der Waals surface area contributed by atoms with Gasteiger partial charge in [-0.1, -0.05) is 29.3 Å². The highest BCUT2D eigenvalue weighted by Gasteiger charge is 2.05. The summed E-state index contributed by atoms with van der Waals surface area (Å²) in [4.78, 5) is 0. The van der Waals surface area contributed by atoms with Crippen molar-refractivity contribution in [3.8, 4) is 12.3 Å². The Morgan fingerprint density at radius 3 is 2.69 bits per heavy atom. The molecule has 0 amide bonds. The molecule has 0 radical (unpaired) electrons. The van der Waals surface area contributed by atoms with Gasteiger partial charge in [-0.3, -0.25) is 0 Å². The van der Waals surface area contributed by atoms with Gasteiger partial charge in [0, 0.05) is 12.5 Å². The van der Waals surface area contributed by atoms with Crippen molar-refractivity contribution >= 4 is 23.2 Å². The van der Waals surface area contributed by atoms with E-state index in [0.29, 0.717) is 10.0 Å². The Morgan fingerprint density at radius 1 is 1.31 bits per heavy atom. The molecule has 1 unspecified atom stereocenters. The third kappa shape index (κ3) is 4.45. The van der Waals surface area contributed by atoms with Crippen LogP contribution in [-0.2, 0) is 6.42 Å². The van der Waals surface area contributed by atoms with Crippen LogP contribution in [0, 0.1) is 12.3 Å². The summed E-state index contributed by atoms with van der Waals surface area (Å²) in [5.41, 5.74) is 7.10. The molecule has 0 fully saturated rings. The van der Waals surface area contributed by atoms with Crippen LogP contribution < -0.4 is 5.73 Å². The maximum absolute atomic E-state index is 5.99. The summed E-state index contributed by atoms with van der Waals surface area (Å²) >= 11 is 11.8. The smallest absolute Gasteiger partial charge is 0.0595 e. The van der Waals surface area contributed by atoms with Crippen LogP contribution in [0.1, 0.15) is 24.8 Å². The molecule has 0 spiro atoms. The molecule has 0 saturated carbocycles. The van der Waals surface area contributed by atoms with E-state index in [1.54, 1.807) is 6.07 Å². The van der Waals surface area contributed by atoms with Gasteiger partial charge in [0.05, 0.1) is 10.0 Å². The lowest BCUT2D eigenvalue weighted by molar-refractivity contribution is 0.587. The van der Waals surface area contributed by atoms with Crippen molar-refractivity contribution in [1.29, 1.82) is 0 Å². The molecule has 0 bridgehead atoms. The summed E-state index contributed by atoms with van der Waals surface area (Å²) in [6.07, 6.45) is 8.68. The summed E-state index contributed by atoms with van der Waals surface area (Å²) < 4.78 is 0. The highest BCUT2D eigenvalue weighted by atomic mass is 35.5. The van der Waals surface area contributed by atoms with Gasteiger partial charge in [0.1, 0.15) is 0 Å². The monoisotopic (exact) mass is 255 g/mol. The topological polar surface area (TPSA) is 26.0 Å². The van der Waals surface area contributed by atoms with Gasteiger partial charge in [-0.2, -0.15) is 0 Å². The lowest BCUT2D eigenvalue weighted by Crippen LogP contribution is -2.22. The van der Waals surface area contributed by atoms with E-state index in [4.69, 9.17) is 35.4 Å². The van der Waals surface area contributed by atoms with Crippen molar-refractivity contribution in [2.45, 2.75) is 31.7 Å². The second kappa shape index (κ2) is 6.81. The van der Waals surface area contributed by atoms with Crippen LogP contribution in [0.25, 0.3) is 0 Å². The van der Waals surface area contributed by atoms with E-state index in [0.717, 1.165) is 31.2 Å². The molecule has 16 heavy (non-hydrogen) atoms. The first kappa shape index (κ1) is 13.4. The first-order valence-corrected chi connectivity index (χ1v) is 6.02. The summed E-state index contributed by atoms with van der Waals surface area (Å²) in [6.45, 7) is 0. The maximum atomic E-state index is 5.99. The molecule has 86 valence electrons. The Balaban J connectivity index is 2.47. The first-order chi connectivity index (χ1) is 7.63. The standard InChI is InChI=1S/C13H15Cl2N/c1-2-3-4-5-11(16)8-10-6-7-12(14)13(15)9-10/h1,6-7,9,11H,3-5,8,16H2. The van der Waals surface area contributed by atoms with E-state index >= 15 is 0 Å². The molecule has 1 aromatic rings. The molecule has 0 aliphatic rings. The highest BCUT2D eigenvalue weighted by Crippen LogP contribution is 2.23. The van der Waals surface area contributed by atoms with Crippen molar-refractivity contribution in [3.63, 3.8) is 0 Å². The average molecular weight is 256 g/mol. The fraction of sp³-hybridized carbons (Fsp3) is 0.385. The lowest BCUT2D eigenvalue weighted by atomic mass is 10.0. The number of unbranched alkanes of at least 4 members (excludes halogenated alkanes) is 1. The molecule has 0 saturated heterocycles. The molecule has 1 nitrogen and oxygen atoms in total. The van der Waals surface area contributed by atoms with Crippen LogP contribution in [0.3, 0.4) is 0 Å². The van der Waals surface area contributed by atoms with Crippen molar-refractivity contribution in [1.82, 2.24) is 0 Å². The van der Waals surface area contributed by atoms with Gasteiger partial charge in [0.25, 0.3) is 0 Å². The summed E-state index contributed by atoms with van der Waals surface area (Å²) in [5.74, 6) is 2.61. The van der Waals surface area contributed by atoms with Gasteiger partial charge in [0.15, 0.2) is 0 Å². The SMILES string of the molecule is C#CCCCC(N)Cc1ccc(Cl)c(Cl)c1.